The Bertz CT molecular complexity index is 380. The minimum absolute atomic E-state index is 0.205. The van der Waals surface area contributed by atoms with Crippen LogP contribution in [0.15, 0.2) is 0 Å². The second-order valence-electron chi connectivity index (χ2n) is 5.44. The Morgan fingerprint density at radius 3 is 2.32 bits per heavy atom. The summed E-state index contributed by atoms with van der Waals surface area (Å²) in [5.41, 5.74) is -1.49. The summed E-state index contributed by atoms with van der Waals surface area (Å²) in [6, 6.07) is -0.882. The molecule has 0 radical (unpaired) electrons. The molecule has 0 saturated carbocycles. The molecule has 0 spiro atoms. The van der Waals surface area contributed by atoms with Crippen LogP contribution >= 0.6 is 0 Å². The van der Waals surface area contributed by atoms with E-state index in [1.54, 1.807) is 6.92 Å². The van der Waals surface area contributed by atoms with Gasteiger partial charge in [0.2, 0.25) is 11.8 Å². The number of hydrogen-bond donors (Lipinski definition) is 1. The van der Waals surface area contributed by atoms with Gasteiger partial charge in [0, 0.05) is 0 Å². The molecule has 4 nitrogen and oxygen atoms in total. The zero-order valence-electron chi connectivity index (χ0n) is 11.5. The zero-order valence-corrected chi connectivity index (χ0v) is 11.5. The van der Waals surface area contributed by atoms with E-state index in [1.165, 1.54) is 13.8 Å². The van der Waals surface area contributed by atoms with Crippen LogP contribution < -0.4 is 5.32 Å². The van der Waals surface area contributed by atoms with E-state index in [9.17, 15) is 22.8 Å². The fourth-order valence-electron chi connectivity index (χ4n) is 2.02. The van der Waals surface area contributed by atoms with E-state index in [0.29, 0.717) is 11.3 Å². The molecule has 19 heavy (non-hydrogen) atoms. The van der Waals surface area contributed by atoms with Crippen molar-refractivity contribution in [3.63, 3.8) is 0 Å². The first kappa shape index (κ1) is 15.8. The highest BCUT2D eigenvalue weighted by Crippen LogP contribution is 2.28. The first-order valence-corrected chi connectivity index (χ1v) is 6.20. The van der Waals surface area contributed by atoms with Gasteiger partial charge in [0.25, 0.3) is 0 Å². The van der Waals surface area contributed by atoms with Gasteiger partial charge in [0.1, 0.15) is 18.1 Å². The van der Waals surface area contributed by atoms with Crippen molar-refractivity contribution in [2.24, 2.45) is 5.92 Å². The molecule has 7 heteroatoms. The predicted octanol–water partition coefficient (Wildman–Crippen LogP) is 1.70. The van der Waals surface area contributed by atoms with Crippen LogP contribution in [0.5, 0.6) is 0 Å². The molecular weight excluding hydrogens is 261 g/mol. The Hall–Kier alpha value is -1.27. The molecule has 1 aliphatic rings. The molecule has 2 atom stereocenters. The number of carbonyl (C=O) groups excluding carboxylic acids is 2. The highest BCUT2D eigenvalue weighted by atomic mass is 19.4. The molecule has 1 aliphatic heterocycles. The molecule has 0 aromatic rings. The van der Waals surface area contributed by atoms with Crippen molar-refractivity contribution in [1.82, 2.24) is 10.2 Å². The van der Waals surface area contributed by atoms with E-state index in [2.05, 4.69) is 5.32 Å². The van der Waals surface area contributed by atoms with Crippen LogP contribution in [0, 0.1) is 5.92 Å². The Kier molecular flexibility index (Phi) is 4.17. The van der Waals surface area contributed by atoms with Crippen molar-refractivity contribution in [1.29, 1.82) is 0 Å². The van der Waals surface area contributed by atoms with Crippen LogP contribution in [0.4, 0.5) is 13.2 Å². The minimum atomic E-state index is -4.52. The highest BCUT2D eigenvalue weighted by molar-refractivity contribution is 5.99. The summed E-state index contributed by atoms with van der Waals surface area (Å²) in [6.45, 7) is 4.78. The number of alkyl halides is 3. The SMILES string of the molecule is CCC(C)C1NC(=O)C(C)(C)N(CC(F)(F)F)C1=O. The molecule has 0 aliphatic carbocycles. The summed E-state index contributed by atoms with van der Waals surface area (Å²) in [6.07, 6.45) is -3.93. The molecule has 0 aromatic heterocycles. The van der Waals surface area contributed by atoms with Crippen LogP contribution in [-0.4, -0.2) is 41.0 Å². The molecule has 1 saturated heterocycles. The monoisotopic (exact) mass is 280 g/mol. The smallest absolute Gasteiger partial charge is 0.342 e. The second kappa shape index (κ2) is 5.02. The molecule has 0 aromatic carbocycles. The molecular formula is C12H19F3N2O2. The number of nitrogens with one attached hydrogen (secondary N) is 1. The van der Waals surface area contributed by atoms with Gasteiger partial charge in [-0.1, -0.05) is 20.3 Å². The summed E-state index contributed by atoms with van der Waals surface area (Å²) in [5, 5.41) is 2.53. The van der Waals surface area contributed by atoms with Gasteiger partial charge in [-0.3, -0.25) is 9.59 Å². The molecule has 1 fully saturated rings. The zero-order chi connectivity index (χ0) is 15.0. The Balaban J connectivity index is 3.07. The van der Waals surface area contributed by atoms with E-state index in [4.69, 9.17) is 0 Å². The molecule has 2 unspecified atom stereocenters. The van der Waals surface area contributed by atoms with E-state index in [-0.39, 0.29) is 5.92 Å². The topological polar surface area (TPSA) is 49.4 Å². The fraction of sp³-hybridized carbons (Fsp3) is 0.833. The van der Waals surface area contributed by atoms with E-state index >= 15 is 0 Å². The number of rotatable bonds is 3. The van der Waals surface area contributed by atoms with Gasteiger partial charge in [-0.15, -0.1) is 0 Å². The van der Waals surface area contributed by atoms with Crippen LogP contribution in [0.3, 0.4) is 0 Å². The van der Waals surface area contributed by atoms with E-state index < -0.39 is 36.1 Å². The van der Waals surface area contributed by atoms with Crippen LogP contribution in [0.1, 0.15) is 34.1 Å². The number of piperazine rings is 1. The maximum Gasteiger partial charge on any atom is 0.406 e. The largest absolute Gasteiger partial charge is 0.406 e. The summed E-state index contributed by atoms with van der Waals surface area (Å²) in [7, 11) is 0. The lowest BCUT2D eigenvalue weighted by molar-refractivity contribution is -0.182. The Labute approximate surface area is 110 Å². The average Bonchev–Trinajstić information content (AvgIpc) is 2.27. The molecule has 1 N–H and O–H groups in total. The molecule has 1 heterocycles. The first-order valence-electron chi connectivity index (χ1n) is 6.20. The number of halogens is 3. The molecule has 0 bridgehead atoms. The number of amides is 2. The van der Waals surface area contributed by atoms with Crippen LogP contribution in [0.25, 0.3) is 0 Å². The van der Waals surface area contributed by atoms with Crippen molar-refractivity contribution in [2.45, 2.75) is 51.9 Å². The maximum absolute atomic E-state index is 12.6. The van der Waals surface area contributed by atoms with Crippen molar-refractivity contribution in [3.8, 4) is 0 Å². The van der Waals surface area contributed by atoms with Gasteiger partial charge in [-0.25, -0.2) is 0 Å². The Morgan fingerprint density at radius 1 is 1.37 bits per heavy atom. The summed E-state index contributed by atoms with van der Waals surface area (Å²) < 4.78 is 37.7. The van der Waals surface area contributed by atoms with Gasteiger partial charge in [0.05, 0.1) is 0 Å². The first-order chi connectivity index (χ1) is 8.50. The third-order valence-electron chi connectivity index (χ3n) is 3.60. The van der Waals surface area contributed by atoms with Crippen molar-refractivity contribution in [2.75, 3.05) is 6.54 Å². The quantitative estimate of drug-likeness (QED) is 0.855. The summed E-state index contributed by atoms with van der Waals surface area (Å²) >= 11 is 0. The van der Waals surface area contributed by atoms with Gasteiger partial charge in [-0.05, 0) is 19.8 Å². The third-order valence-corrected chi connectivity index (χ3v) is 3.60. The fourth-order valence-corrected chi connectivity index (χ4v) is 2.02. The van der Waals surface area contributed by atoms with Crippen molar-refractivity contribution < 1.29 is 22.8 Å². The van der Waals surface area contributed by atoms with Crippen LogP contribution in [-0.2, 0) is 9.59 Å². The van der Waals surface area contributed by atoms with Crippen LogP contribution in [0.2, 0.25) is 0 Å². The second-order valence-corrected chi connectivity index (χ2v) is 5.44. The molecule has 1 rings (SSSR count). The summed E-state index contributed by atoms with van der Waals surface area (Å²) in [4.78, 5) is 24.7. The van der Waals surface area contributed by atoms with E-state index in [1.807, 2.05) is 6.92 Å². The van der Waals surface area contributed by atoms with Gasteiger partial charge in [0.15, 0.2) is 0 Å². The van der Waals surface area contributed by atoms with Gasteiger partial charge in [-0.2, -0.15) is 13.2 Å². The standard InChI is InChI=1S/C12H19F3N2O2/c1-5-7(2)8-9(18)17(6-12(13,14)15)11(3,4)10(19)16-8/h7-8H,5-6H2,1-4H3,(H,16,19). The third kappa shape index (κ3) is 3.19. The number of carbonyl (C=O) groups is 2. The molecule has 2 amide bonds. The highest BCUT2D eigenvalue weighted by Gasteiger charge is 2.50. The normalized spacial score (nSPS) is 25.2. The lowest BCUT2D eigenvalue weighted by Crippen LogP contribution is -2.70. The lowest BCUT2D eigenvalue weighted by Gasteiger charge is -2.45. The van der Waals surface area contributed by atoms with Crippen molar-refractivity contribution in [3.05, 3.63) is 0 Å². The minimum Gasteiger partial charge on any atom is -0.342 e. The summed E-state index contributed by atoms with van der Waals surface area (Å²) in [5.74, 6) is -1.43. The average molecular weight is 280 g/mol. The maximum atomic E-state index is 12.6. The number of nitrogens with zero attached hydrogens (tertiary/aromatic N) is 1. The van der Waals surface area contributed by atoms with Crippen molar-refractivity contribution >= 4 is 11.8 Å². The Morgan fingerprint density at radius 2 is 1.89 bits per heavy atom. The number of hydrogen-bond acceptors (Lipinski definition) is 2. The van der Waals surface area contributed by atoms with E-state index in [0.717, 1.165) is 0 Å². The lowest BCUT2D eigenvalue weighted by atomic mass is 9.89. The predicted molar refractivity (Wildman–Crippen MR) is 63.2 cm³/mol. The molecule has 110 valence electrons. The van der Waals surface area contributed by atoms with Gasteiger partial charge >= 0.3 is 6.18 Å². The van der Waals surface area contributed by atoms with Gasteiger partial charge < -0.3 is 10.2 Å².